The zero-order chi connectivity index (χ0) is 16.2. The van der Waals surface area contributed by atoms with Gasteiger partial charge in [-0.25, -0.2) is 4.68 Å². The van der Waals surface area contributed by atoms with E-state index in [1.165, 1.54) is 17.1 Å². The molecule has 5 nitrogen and oxygen atoms in total. The molecule has 1 heterocycles. The van der Waals surface area contributed by atoms with Crippen LogP contribution in [0.1, 0.15) is 15.9 Å². The molecule has 1 N–H and O–H groups in total. The van der Waals surface area contributed by atoms with Crippen molar-refractivity contribution in [1.82, 2.24) is 9.78 Å². The lowest BCUT2D eigenvalue weighted by atomic mass is 10.1. The van der Waals surface area contributed by atoms with Gasteiger partial charge in [-0.2, -0.15) is 18.3 Å². The number of ether oxygens (including phenoxy) is 1. The molecular weight excluding hydrogens is 299 g/mol. The first-order valence-electron chi connectivity index (χ1n) is 6.39. The monoisotopic (exact) mass is 313 g/mol. The number of aromatic nitrogens is 2. The fraction of sp³-hybridized carbons (Fsp3) is 0.286. The van der Waals surface area contributed by atoms with Crippen molar-refractivity contribution in [3.05, 3.63) is 47.8 Å². The van der Waals surface area contributed by atoms with Crippen molar-refractivity contribution in [3.8, 4) is 0 Å². The molecule has 0 aliphatic rings. The molecule has 0 saturated carbocycles. The molecule has 1 aromatic carbocycles. The van der Waals surface area contributed by atoms with Crippen LogP contribution in [0, 0.1) is 6.92 Å². The van der Waals surface area contributed by atoms with E-state index in [1.807, 2.05) is 19.1 Å². The summed E-state index contributed by atoms with van der Waals surface area (Å²) in [5, 5.41) is 6.44. The normalized spacial score (nSPS) is 11.5. The number of aryl methyl sites for hydroxylation is 1. The van der Waals surface area contributed by atoms with E-state index < -0.39 is 12.8 Å². The molecule has 0 spiro atoms. The predicted octanol–water partition coefficient (Wildman–Crippen LogP) is 2.98. The van der Waals surface area contributed by atoms with Crippen LogP contribution < -0.4 is 5.32 Å². The maximum absolute atomic E-state index is 12.1. The topological polar surface area (TPSA) is 56.2 Å². The van der Waals surface area contributed by atoms with E-state index in [1.54, 1.807) is 12.1 Å². The maximum atomic E-state index is 12.1. The summed E-state index contributed by atoms with van der Waals surface area (Å²) in [5.74, 6) is -0.311. The van der Waals surface area contributed by atoms with Gasteiger partial charge in [-0.05, 0) is 18.6 Å². The van der Waals surface area contributed by atoms with Crippen molar-refractivity contribution in [1.29, 1.82) is 0 Å². The van der Waals surface area contributed by atoms with Crippen LogP contribution in [-0.2, 0) is 11.5 Å². The molecule has 0 saturated heterocycles. The summed E-state index contributed by atoms with van der Waals surface area (Å²) < 4.78 is 41.5. The first kappa shape index (κ1) is 16.0. The summed E-state index contributed by atoms with van der Waals surface area (Å²) in [7, 11) is 0. The molecule has 0 bridgehead atoms. The van der Waals surface area contributed by atoms with Crippen LogP contribution in [0.3, 0.4) is 0 Å². The van der Waals surface area contributed by atoms with Crippen molar-refractivity contribution in [2.24, 2.45) is 0 Å². The van der Waals surface area contributed by atoms with Crippen LogP contribution in [-0.4, -0.2) is 28.5 Å². The van der Waals surface area contributed by atoms with E-state index >= 15 is 0 Å². The number of halogens is 3. The minimum Gasteiger partial charge on any atom is -0.350 e. The van der Waals surface area contributed by atoms with Gasteiger partial charge >= 0.3 is 6.18 Å². The average molecular weight is 313 g/mol. The Morgan fingerprint density at radius 3 is 2.77 bits per heavy atom. The molecule has 0 fully saturated rings. The Hall–Kier alpha value is -2.35. The van der Waals surface area contributed by atoms with Crippen molar-refractivity contribution >= 4 is 11.6 Å². The number of carbonyl (C=O) groups excluding carboxylic acids is 1. The number of nitrogens with zero attached hydrogens (tertiary/aromatic N) is 2. The van der Waals surface area contributed by atoms with Crippen LogP contribution in [0.15, 0.2) is 36.7 Å². The lowest BCUT2D eigenvalue weighted by molar-refractivity contribution is -0.182. The predicted molar refractivity (Wildman–Crippen MR) is 73.4 cm³/mol. The SMILES string of the molecule is Cc1ccccc1C(=O)Nc1cnn(COCC(F)(F)F)c1. The molecular formula is C14H14F3N3O2. The Bertz CT molecular complexity index is 653. The first-order valence-corrected chi connectivity index (χ1v) is 6.39. The highest BCUT2D eigenvalue weighted by molar-refractivity contribution is 6.05. The van der Waals surface area contributed by atoms with E-state index in [2.05, 4.69) is 15.2 Å². The highest BCUT2D eigenvalue weighted by Gasteiger charge is 2.27. The fourth-order valence-electron chi connectivity index (χ4n) is 1.78. The number of amides is 1. The smallest absolute Gasteiger partial charge is 0.350 e. The molecule has 2 rings (SSSR count). The lowest BCUT2D eigenvalue weighted by Crippen LogP contribution is -2.18. The largest absolute Gasteiger partial charge is 0.411 e. The molecule has 0 radical (unpaired) electrons. The standard InChI is InChI=1S/C14H14F3N3O2/c1-10-4-2-3-5-12(10)13(21)19-11-6-18-20(7-11)9-22-8-14(15,16)17/h2-7H,8-9H2,1H3,(H,19,21). The minimum atomic E-state index is -4.38. The molecule has 1 aromatic heterocycles. The molecule has 2 aromatic rings. The number of benzene rings is 1. The van der Waals surface area contributed by atoms with E-state index in [-0.39, 0.29) is 12.6 Å². The lowest BCUT2D eigenvalue weighted by Gasteiger charge is -2.07. The van der Waals surface area contributed by atoms with Gasteiger partial charge in [0.1, 0.15) is 13.3 Å². The number of nitrogens with one attached hydrogen (secondary N) is 1. The third-order valence-electron chi connectivity index (χ3n) is 2.77. The molecule has 118 valence electrons. The van der Waals surface area contributed by atoms with Crippen LogP contribution in [0.5, 0.6) is 0 Å². The van der Waals surface area contributed by atoms with Gasteiger partial charge in [0.25, 0.3) is 5.91 Å². The highest BCUT2D eigenvalue weighted by Crippen LogP contribution is 2.15. The van der Waals surface area contributed by atoms with Gasteiger partial charge in [0, 0.05) is 5.56 Å². The van der Waals surface area contributed by atoms with Gasteiger partial charge in [0.2, 0.25) is 0 Å². The highest BCUT2D eigenvalue weighted by atomic mass is 19.4. The summed E-state index contributed by atoms with van der Waals surface area (Å²) in [6, 6.07) is 7.06. The quantitative estimate of drug-likeness (QED) is 0.923. The number of anilines is 1. The molecule has 8 heteroatoms. The summed E-state index contributed by atoms with van der Waals surface area (Å²) in [5.41, 5.74) is 1.72. The van der Waals surface area contributed by atoms with E-state index in [4.69, 9.17) is 0 Å². The molecule has 22 heavy (non-hydrogen) atoms. The molecule has 0 aliphatic heterocycles. The molecule has 0 aliphatic carbocycles. The summed E-state index contributed by atoms with van der Waals surface area (Å²) in [4.78, 5) is 12.1. The Labute approximate surface area is 124 Å². The fourth-order valence-corrected chi connectivity index (χ4v) is 1.78. The summed E-state index contributed by atoms with van der Waals surface area (Å²) >= 11 is 0. The zero-order valence-electron chi connectivity index (χ0n) is 11.7. The molecule has 0 atom stereocenters. The van der Waals surface area contributed by atoms with Crippen molar-refractivity contribution in [2.75, 3.05) is 11.9 Å². The number of rotatable bonds is 5. The van der Waals surface area contributed by atoms with Crippen LogP contribution in [0.25, 0.3) is 0 Å². The summed E-state index contributed by atoms with van der Waals surface area (Å²) in [6.45, 7) is 0.112. The van der Waals surface area contributed by atoms with Gasteiger partial charge in [0.15, 0.2) is 0 Å². The number of carbonyl (C=O) groups is 1. The van der Waals surface area contributed by atoms with Crippen molar-refractivity contribution in [2.45, 2.75) is 19.8 Å². The van der Waals surface area contributed by atoms with Gasteiger partial charge in [-0.1, -0.05) is 18.2 Å². The van der Waals surface area contributed by atoms with Gasteiger partial charge in [-0.3, -0.25) is 4.79 Å². The Morgan fingerprint density at radius 2 is 2.09 bits per heavy atom. The first-order chi connectivity index (χ1) is 10.3. The van der Waals surface area contributed by atoms with Gasteiger partial charge < -0.3 is 10.1 Å². The third-order valence-corrected chi connectivity index (χ3v) is 2.77. The van der Waals surface area contributed by atoms with Crippen LogP contribution in [0.2, 0.25) is 0 Å². The second-order valence-electron chi connectivity index (χ2n) is 4.63. The minimum absolute atomic E-state index is 0.311. The van der Waals surface area contributed by atoms with Crippen molar-refractivity contribution in [3.63, 3.8) is 0 Å². The van der Waals surface area contributed by atoms with Crippen LogP contribution >= 0.6 is 0 Å². The maximum Gasteiger partial charge on any atom is 0.411 e. The summed E-state index contributed by atoms with van der Waals surface area (Å²) in [6.07, 6.45) is -1.64. The van der Waals surface area contributed by atoms with Gasteiger partial charge in [0.05, 0.1) is 18.1 Å². The Kier molecular flexibility index (Phi) is 4.81. The van der Waals surface area contributed by atoms with Gasteiger partial charge in [-0.15, -0.1) is 0 Å². The van der Waals surface area contributed by atoms with E-state index in [0.29, 0.717) is 11.3 Å². The third kappa shape index (κ3) is 4.59. The zero-order valence-corrected chi connectivity index (χ0v) is 11.7. The second-order valence-corrected chi connectivity index (χ2v) is 4.63. The number of hydrogen-bond acceptors (Lipinski definition) is 3. The van der Waals surface area contributed by atoms with E-state index in [0.717, 1.165) is 5.56 Å². The van der Waals surface area contributed by atoms with E-state index in [9.17, 15) is 18.0 Å². The number of alkyl halides is 3. The Balaban J connectivity index is 1.92. The average Bonchev–Trinajstić information content (AvgIpc) is 2.85. The Morgan fingerprint density at radius 1 is 1.36 bits per heavy atom. The van der Waals surface area contributed by atoms with Crippen LogP contribution in [0.4, 0.5) is 18.9 Å². The number of hydrogen-bond donors (Lipinski definition) is 1. The van der Waals surface area contributed by atoms with Crippen molar-refractivity contribution < 1.29 is 22.7 Å². The molecule has 1 amide bonds. The second kappa shape index (κ2) is 6.61. The molecule has 0 unspecified atom stereocenters.